The minimum absolute atomic E-state index is 0.335. The Kier molecular flexibility index (Phi) is 2.30. The van der Waals surface area contributed by atoms with Gasteiger partial charge >= 0.3 is 5.76 Å². The molecular formula is C10H6N4O2S. The third-order valence-corrected chi connectivity index (χ3v) is 2.92. The average molecular weight is 246 g/mol. The Hall–Kier alpha value is -2.28. The lowest BCUT2D eigenvalue weighted by Crippen LogP contribution is -1.94. The number of pyridine rings is 1. The molecule has 7 heteroatoms. The van der Waals surface area contributed by atoms with Gasteiger partial charge in [0.05, 0.1) is 5.69 Å². The largest absolute Gasteiger partial charge is 0.439 e. The number of hydrogen-bond donors (Lipinski definition) is 1. The van der Waals surface area contributed by atoms with Gasteiger partial charge in [0.15, 0.2) is 5.01 Å². The summed E-state index contributed by atoms with van der Waals surface area (Å²) < 4.78 is 4.42. The summed E-state index contributed by atoms with van der Waals surface area (Å²) in [4.78, 5) is 21.8. The number of H-pyrrole nitrogens is 1. The maximum absolute atomic E-state index is 10.8. The quantitative estimate of drug-likeness (QED) is 0.741. The maximum Gasteiger partial charge on any atom is 0.439 e. The van der Waals surface area contributed by atoms with E-state index in [0.29, 0.717) is 10.8 Å². The lowest BCUT2D eigenvalue weighted by molar-refractivity contribution is 0.388. The lowest BCUT2D eigenvalue weighted by atomic mass is 10.3. The fourth-order valence-electron chi connectivity index (χ4n) is 1.34. The number of nitrogens with zero attached hydrogens (tertiary/aromatic N) is 3. The number of rotatable bonds is 2. The molecule has 0 saturated heterocycles. The third kappa shape index (κ3) is 1.87. The van der Waals surface area contributed by atoms with E-state index in [1.165, 1.54) is 11.3 Å². The summed E-state index contributed by atoms with van der Waals surface area (Å²) in [7, 11) is 0. The molecule has 84 valence electrons. The van der Waals surface area contributed by atoms with Gasteiger partial charge in [-0.05, 0) is 12.1 Å². The summed E-state index contributed by atoms with van der Waals surface area (Å²) in [5.41, 5.74) is 1.52. The van der Waals surface area contributed by atoms with Crippen LogP contribution in [0.5, 0.6) is 0 Å². The smallest absolute Gasteiger partial charge is 0.295 e. The molecule has 0 fully saturated rings. The minimum atomic E-state index is -0.588. The van der Waals surface area contributed by atoms with Crippen molar-refractivity contribution in [3.8, 4) is 22.2 Å². The Balaban J connectivity index is 2.01. The molecule has 0 radical (unpaired) electrons. The molecule has 0 atom stereocenters. The van der Waals surface area contributed by atoms with Crippen LogP contribution in [0.3, 0.4) is 0 Å². The molecule has 17 heavy (non-hydrogen) atoms. The van der Waals surface area contributed by atoms with Crippen LogP contribution in [0.1, 0.15) is 0 Å². The second-order valence-electron chi connectivity index (χ2n) is 3.20. The summed E-state index contributed by atoms with van der Waals surface area (Å²) in [5.74, 6) is -0.253. The van der Waals surface area contributed by atoms with E-state index in [2.05, 4.69) is 24.6 Å². The zero-order valence-corrected chi connectivity index (χ0v) is 9.27. The molecule has 3 aromatic rings. The molecule has 6 nitrogen and oxygen atoms in total. The fraction of sp³-hybridized carbons (Fsp3) is 0. The number of thiazole rings is 1. The molecule has 0 unspecified atom stereocenters. The van der Waals surface area contributed by atoms with E-state index in [1.54, 1.807) is 6.20 Å². The van der Waals surface area contributed by atoms with Crippen LogP contribution in [-0.2, 0) is 0 Å². The third-order valence-electron chi connectivity index (χ3n) is 2.07. The molecule has 0 amide bonds. The first-order chi connectivity index (χ1) is 8.33. The number of nitrogens with one attached hydrogen (secondary N) is 1. The molecule has 3 rings (SSSR count). The van der Waals surface area contributed by atoms with Gasteiger partial charge in [-0.25, -0.2) is 9.78 Å². The van der Waals surface area contributed by atoms with E-state index in [4.69, 9.17) is 0 Å². The van der Waals surface area contributed by atoms with Crippen molar-refractivity contribution >= 4 is 11.3 Å². The predicted molar refractivity (Wildman–Crippen MR) is 61.5 cm³/mol. The lowest BCUT2D eigenvalue weighted by Gasteiger charge is -1.92. The van der Waals surface area contributed by atoms with E-state index in [9.17, 15) is 4.79 Å². The highest BCUT2D eigenvalue weighted by atomic mass is 32.1. The molecule has 3 aromatic heterocycles. The zero-order valence-electron chi connectivity index (χ0n) is 8.45. The van der Waals surface area contributed by atoms with Gasteiger partial charge in [-0.3, -0.25) is 14.5 Å². The first-order valence-corrected chi connectivity index (χ1v) is 5.64. The van der Waals surface area contributed by atoms with Crippen molar-refractivity contribution < 1.29 is 4.52 Å². The van der Waals surface area contributed by atoms with Crippen LogP contribution < -0.4 is 5.76 Å². The SMILES string of the molecule is O=c1[nH]c(-c2nc(-c3ccccn3)cs2)no1. The highest BCUT2D eigenvalue weighted by Crippen LogP contribution is 2.24. The standard InChI is InChI=1S/C10H6N4O2S/c15-10-13-8(14-16-10)9-12-7(5-17-9)6-3-1-2-4-11-6/h1-5H,(H,13,14,15). The van der Waals surface area contributed by atoms with Crippen LogP contribution in [0.15, 0.2) is 39.1 Å². The van der Waals surface area contributed by atoms with Gasteiger partial charge in [0.1, 0.15) is 5.69 Å². The van der Waals surface area contributed by atoms with Crippen LogP contribution in [-0.4, -0.2) is 20.1 Å². The van der Waals surface area contributed by atoms with Gasteiger partial charge < -0.3 is 0 Å². The summed E-state index contributed by atoms with van der Waals surface area (Å²) in [6, 6.07) is 5.59. The molecular weight excluding hydrogens is 240 g/mol. The Labute approximate surface area is 99.0 Å². The molecule has 0 saturated carbocycles. The van der Waals surface area contributed by atoms with Gasteiger partial charge in [-0.15, -0.1) is 11.3 Å². The maximum atomic E-state index is 10.8. The highest BCUT2D eigenvalue weighted by molar-refractivity contribution is 7.13. The van der Waals surface area contributed by atoms with Crippen LogP contribution in [0.4, 0.5) is 0 Å². The second-order valence-corrected chi connectivity index (χ2v) is 4.05. The number of hydrogen-bond acceptors (Lipinski definition) is 6. The summed E-state index contributed by atoms with van der Waals surface area (Å²) in [6.07, 6.45) is 1.70. The van der Waals surface area contributed by atoms with Gasteiger partial charge in [-0.2, -0.15) is 0 Å². The first-order valence-electron chi connectivity index (χ1n) is 4.76. The Morgan fingerprint density at radius 1 is 1.29 bits per heavy atom. The summed E-state index contributed by atoms with van der Waals surface area (Å²) in [6.45, 7) is 0. The fourth-order valence-corrected chi connectivity index (χ4v) is 2.08. The topological polar surface area (TPSA) is 84.7 Å². The molecule has 0 bridgehead atoms. The molecule has 0 aliphatic carbocycles. The van der Waals surface area contributed by atoms with Crippen LogP contribution in [0.2, 0.25) is 0 Å². The number of aromatic amines is 1. The van der Waals surface area contributed by atoms with Gasteiger partial charge in [0.25, 0.3) is 0 Å². The molecule has 3 heterocycles. The second kappa shape index (κ2) is 3.95. The van der Waals surface area contributed by atoms with E-state index >= 15 is 0 Å². The van der Waals surface area contributed by atoms with E-state index in [-0.39, 0.29) is 0 Å². The Bertz CT molecular complexity index is 685. The molecule has 0 aliphatic rings. The summed E-state index contributed by atoms with van der Waals surface area (Å²) in [5, 5.41) is 6.02. The number of aromatic nitrogens is 4. The van der Waals surface area contributed by atoms with Crippen LogP contribution >= 0.6 is 11.3 Å². The van der Waals surface area contributed by atoms with E-state index in [1.807, 2.05) is 23.6 Å². The highest BCUT2D eigenvalue weighted by Gasteiger charge is 2.10. The normalized spacial score (nSPS) is 10.6. The van der Waals surface area contributed by atoms with Gasteiger partial charge in [-0.1, -0.05) is 11.2 Å². The summed E-state index contributed by atoms with van der Waals surface area (Å²) >= 11 is 1.37. The van der Waals surface area contributed by atoms with E-state index in [0.717, 1.165) is 11.4 Å². The molecule has 0 aliphatic heterocycles. The van der Waals surface area contributed by atoms with Crippen LogP contribution in [0, 0.1) is 0 Å². The van der Waals surface area contributed by atoms with Crippen molar-refractivity contribution in [1.29, 1.82) is 0 Å². The molecule has 1 N–H and O–H groups in total. The van der Waals surface area contributed by atoms with E-state index < -0.39 is 5.76 Å². The van der Waals surface area contributed by atoms with Crippen molar-refractivity contribution in [2.45, 2.75) is 0 Å². The van der Waals surface area contributed by atoms with Crippen molar-refractivity contribution in [1.82, 2.24) is 20.1 Å². The zero-order chi connectivity index (χ0) is 11.7. The first kappa shape index (κ1) is 9.91. The molecule has 0 spiro atoms. The van der Waals surface area contributed by atoms with Crippen LogP contribution in [0.25, 0.3) is 22.2 Å². The average Bonchev–Trinajstić information content (AvgIpc) is 2.98. The minimum Gasteiger partial charge on any atom is -0.295 e. The predicted octanol–water partition coefficient (Wildman–Crippen LogP) is 1.55. The Morgan fingerprint density at radius 2 is 2.24 bits per heavy atom. The Morgan fingerprint density at radius 3 is 2.94 bits per heavy atom. The monoisotopic (exact) mass is 246 g/mol. The van der Waals surface area contributed by atoms with Crippen molar-refractivity contribution in [3.05, 3.63) is 40.3 Å². The van der Waals surface area contributed by atoms with Gasteiger partial charge in [0, 0.05) is 11.6 Å². The van der Waals surface area contributed by atoms with Gasteiger partial charge in [0.2, 0.25) is 5.82 Å². The molecule has 0 aromatic carbocycles. The van der Waals surface area contributed by atoms with Crippen molar-refractivity contribution in [3.63, 3.8) is 0 Å². The van der Waals surface area contributed by atoms with Crippen molar-refractivity contribution in [2.75, 3.05) is 0 Å². The van der Waals surface area contributed by atoms with Crippen molar-refractivity contribution in [2.24, 2.45) is 0 Å².